The predicted octanol–water partition coefficient (Wildman–Crippen LogP) is 4.68. The quantitative estimate of drug-likeness (QED) is 0.649. The third-order valence-electron chi connectivity index (χ3n) is 4.44. The lowest BCUT2D eigenvalue weighted by Crippen LogP contribution is -2.43. The highest BCUT2D eigenvalue weighted by molar-refractivity contribution is 6.35. The first-order valence-electron chi connectivity index (χ1n) is 8.78. The van der Waals surface area contributed by atoms with Crippen LogP contribution in [0.3, 0.4) is 0 Å². The van der Waals surface area contributed by atoms with Crippen molar-refractivity contribution >= 4 is 35.6 Å². The molecule has 1 heterocycles. The Hall–Kier alpha value is -1.08. The highest BCUT2D eigenvalue weighted by Crippen LogP contribution is 2.32. The molecule has 4 nitrogen and oxygen atoms in total. The first-order chi connectivity index (χ1) is 12.9. The number of benzene rings is 2. The van der Waals surface area contributed by atoms with E-state index in [2.05, 4.69) is 4.90 Å². The third kappa shape index (κ3) is 6.21. The summed E-state index contributed by atoms with van der Waals surface area (Å²) in [6, 6.07) is 10.4. The van der Waals surface area contributed by atoms with Crippen molar-refractivity contribution in [2.24, 2.45) is 0 Å². The van der Waals surface area contributed by atoms with Gasteiger partial charge in [0.25, 0.3) is 0 Å². The molecule has 154 valence electrons. The minimum absolute atomic E-state index is 0. The zero-order chi connectivity index (χ0) is 19.4. The predicted molar refractivity (Wildman–Crippen MR) is 111 cm³/mol. The van der Waals surface area contributed by atoms with Crippen molar-refractivity contribution < 1.29 is 19.0 Å². The average Bonchev–Trinajstić information content (AvgIpc) is 2.63. The summed E-state index contributed by atoms with van der Waals surface area (Å²) in [5.41, 5.74) is 1.67. The highest BCUT2D eigenvalue weighted by atomic mass is 35.5. The number of ether oxygens (including phenoxy) is 2. The van der Waals surface area contributed by atoms with Crippen LogP contribution in [0.5, 0.6) is 5.75 Å². The van der Waals surface area contributed by atoms with Crippen LogP contribution < -0.4 is 4.74 Å². The van der Waals surface area contributed by atoms with E-state index < -0.39 is 11.9 Å². The Bertz CT molecular complexity index is 793. The lowest BCUT2D eigenvalue weighted by Gasteiger charge is -2.34. The number of morpholine rings is 1. The number of halogens is 4. The second kappa shape index (κ2) is 10.6. The molecule has 0 radical (unpaired) electrons. The van der Waals surface area contributed by atoms with E-state index in [0.717, 1.165) is 11.3 Å². The summed E-state index contributed by atoms with van der Waals surface area (Å²) in [4.78, 5) is 2.06. The molecule has 2 unspecified atom stereocenters. The molecular weight excluding hydrogens is 428 g/mol. The van der Waals surface area contributed by atoms with Crippen molar-refractivity contribution in [2.45, 2.75) is 19.1 Å². The normalized spacial score (nSPS) is 18.4. The second-order valence-electron chi connectivity index (χ2n) is 6.69. The first-order valence-corrected chi connectivity index (χ1v) is 9.54. The molecule has 2 atom stereocenters. The maximum atomic E-state index is 13.8. The molecule has 28 heavy (non-hydrogen) atoms. The lowest BCUT2D eigenvalue weighted by atomic mass is 10.1. The Morgan fingerprint density at radius 3 is 2.82 bits per heavy atom. The molecule has 1 saturated heterocycles. The number of hydrogen-bond acceptors (Lipinski definition) is 4. The van der Waals surface area contributed by atoms with E-state index in [0.29, 0.717) is 36.8 Å². The number of aliphatic hydroxyl groups is 1. The maximum absolute atomic E-state index is 13.8. The SMILES string of the molecule is Cc1cccc(OCC(O)CN2CCOC(c3cc(F)c(Cl)cc3Cl)C2)c1.Cl. The zero-order valence-electron chi connectivity index (χ0n) is 15.4. The number of aryl methyl sites for hydroxylation is 1. The van der Waals surface area contributed by atoms with Crippen LogP contribution in [0, 0.1) is 12.7 Å². The van der Waals surface area contributed by atoms with E-state index in [1.807, 2.05) is 31.2 Å². The molecule has 1 N–H and O–H groups in total. The van der Waals surface area contributed by atoms with Gasteiger partial charge in [-0.1, -0.05) is 35.3 Å². The minimum atomic E-state index is -0.651. The number of β-amino-alcohol motifs (C(OH)–C–C–N with tert-alkyl or cyclic N) is 1. The molecule has 2 aromatic carbocycles. The standard InChI is InChI=1S/C20H22Cl2FNO3.ClH/c1-13-3-2-4-15(7-13)27-12-14(25)10-24-5-6-26-20(11-24)16-8-19(23)18(22)9-17(16)21;/h2-4,7-9,14,20,25H,5-6,10-12H2,1H3;1H. The van der Waals surface area contributed by atoms with Crippen molar-refractivity contribution in [2.75, 3.05) is 32.8 Å². The van der Waals surface area contributed by atoms with Crippen LogP contribution in [0.2, 0.25) is 10.0 Å². The average molecular weight is 451 g/mol. The lowest BCUT2D eigenvalue weighted by molar-refractivity contribution is -0.0460. The molecular formula is C20H23Cl3FNO3. The van der Waals surface area contributed by atoms with Crippen LogP contribution in [0.4, 0.5) is 4.39 Å². The largest absolute Gasteiger partial charge is 0.491 e. The second-order valence-corrected chi connectivity index (χ2v) is 7.50. The minimum Gasteiger partial charge on any atom is -0.491 e. The van der Waals surface area contributed by atoms with Crippen molar-refractivity contribution in [3.05, 3.63) is 63.4 Å². The van der Waals surface area contributed by atoms with Crippen molar-refractivity contribution in [1.82, 2.24) is 4.90 Å². The molecule has 0 bridgehead atoms. The van der Waals surface area contributed by atoms with Crippen molar-refractivity contribution in [3.63, 3.8) is 0 Å². The van der Waals surface area contributed by atoms with Crippen molar-refractivity contribution in [1.29, 1.82) is 0 Å². The van der Waals surface area contributed by atoms with Gasteiger partial charge in [-0.2, -0.15) is 0 Å². The van der Waals surface area contributed by atoms with E-state index in [-0.39, 0.29) is 30.1 Å². The molecule has 1 aliphatic rings. The fourth-order valence-electron chi connectivity index (χ4n) is 3.09. The van der Waals surface area contributed by atoms with Gasteiger partial charge in [-0.25, -0.2) is 4.39 Å². The van der Waals surface area contributed by atoms with E-state index in [9.17, 15) is 9.50 Å². The van der Waals surface area contributed by atoms with Crippen LogP contribution in [-0.4, -0.2) is 49.0 Å². The summed E-state index contributed by atoms with van der Waals surface area (Å²) in [7, 11) is 0. The van der Waals surface area contributed by atoms with E-state index in [1.165, 1.54) is 12.1 Å². The van der Waals surface area contributed by atoms with Gasteiger partial charge < -0.3 is 14.6 Å². The molecule has 0 saturated carbocycles. The molecule has 3 rings (SSSR count). The van der Waals surface area contributed by atoms with Crippen LogP contribution in [-0.2, 0) is 4.74 Å². The summed E-state index contributed by atoms with van der Waals surface area (Å²) < 4.78 is 25.2. The Kier molecular flexibility index (Phi) is 8.81. The third-order valence-corrected chi connectivity index (χ3v) is 5.05. The van der Waals surface area contributed by atoms with Gasteiger partial charge in [-0.3, -0.25) is 4.90 Å². The summed E-state index contributed by atoms with van der Waals surface area (Å²) in [5, 5.41) is 10.7. The molecule has 8 heteroatoms. The molecule has 0 aliphatic carbocycles. The molecule has 2 aromatic rings. The fourth-order valence-corrected chi connectivity index (χ4v) is 3.59. The van der Waals surface area contributed by atoms with Crippen LogP contribution in [0.1, 0.15) is 17.2 Å². The summed E-state index contributed by atoms with van der Waals surface area (Å²) >= 11 is 12.0. The number of hydrogen-bond donors (Lipinski definition) is 1. The van der Waals surface area contributed by atoms with Crippen LogP contribution >= 0.6 is 35.6 Å². The van der Waals surface area contributed by atoms with Gasteiger partial charge in [0.05, 0.1) is 17.7 Å². The summed E-state index contributed by atoms with van der Waals surface area (Å²) in [6.07, 6.45) is -1.02. The van der Waals surface area contributed by atoms with Gasteiger partial charge in [0.1, 0.15) is 24.3 Å². The highest BCUT2D eigenvalue weighted by Gasteiger charge is 2.26. The van der Waals surface area contributed by atoms with Crippen LogP contribution in [0.25, 0.3) is 0 Å². The molecule has 0 amide bonds. The molecule has 0 spiro atoms. The summed E-state index contributed by atoms with van der Waals surface area (Å²) in [6.45, 7) is 4.26. The van der Waals surface area contributed by atoms with Gasteiger partial charge in [0.15, 0.2) is 0 Å². The zero-order valence-corrected chi connectivity index (χ0v) is 17.7. The van der Waals surface area contributed by atoms with Crippen LogP contribution in [0.15, 0.2) is 36.4 Å². The Labute approximate surface area is 180 Å². The van der Waals surface area contributed by atoms with E-state index in [1.54, 1.807) is 0 Å². The van der Waals surface area contributed by atoms with Crippen molar-refractivity contribution in [3.8, 4) is 5.75 Å². The fraction of sp³-hybridized carbons (Fsp3) is 0.400. The molecule has 0 aromatic heterocycles. The van der Waals surface area contributed by atoms with Gasteiger partial charge in [-0.15, -0.1) is 12.4 Å². The Balaban J connectivity index is 0.00000280. The van der Waals surface area contributed by atoms with Gasteiger partial charge in [0.2, 0.25) is 0 Å². The van der Waals surface area contributed by atoms with Gasteiger partial charge in [0, 0.05) is 30.2 Å². The maximum Gasteiger partial charge on any atom is 0.142 e. The van der Waals surface area contributed by atoms with Gasteiger partial charge >= 0.3 is 0 Å². The smallest absolute Gasteiger partial charge is 0.142 e. The topological polar surface area (TPSA) is 41.9 Å². The molecule has 1 aliphatic heterocycles. The molecule has 1 fully saturated rings. The van der Waals surface area contributed by atoms with E-state index >= 15 is 0 Å². The summed E-state index contributed by atoms with van der Waals surface area (Å²) in [5.74, 6) is 0.209. The monoisotopic (exact) mass is 449 g/mol. The van der Waals surface area contributed by atoms with E-state index in [4.69, 9.17) is 32.7 Å². The Morgan fingerprint density at radius 2 is 2.07 bits per heavy atom. The number of aliphatic hydroxyl groups excluding tert-OH is 1. The Morgan fingerprint density at radius 1 is 1.29 bits per heavy atom. The number of nitrogens with zero attached hydrogens (tertiary/aromatic N) is 1. The number of rotatable bonds is 6. The van der Waals surface area contributed by atoms with Gasteiger partial charge in [-0.05, 0) is 36.8 Å². The first kappa shape index (κ1) is 23.2.